The third kappa shape index (κ3) is 4.11. The number of hydrogen-bond acceptors (Lipinski definition) is 3. The summed E-state index contributed by atoms with van der Waals surface area (Å²) in [7, 11) is 1.56. The van der Waals surface area contributed by atoms with Crippen LogP contribution in [0.15, 0.2) is 54.6 Å². The summed E-state index contributed by atoms with van der Waals surface area (Å²) >= 11 is 0. The van der Waals surface area contributed by atoms with Gasteiger partial charge in [0.05, 0.1) is 12.7 Å². The zero-order valence-corrected chi connectivity index (χ0v) is 16.7. The Bertz CT molecular complexity index is 977. The van der Waals surface area contributed by atoms with Gasteiger partial charge in [0.15, 0.2) is 0 Å². The largest absolute Gasteiger partial charge is 0.507 e. The van der Waals surface area contributed by atoms with Gasteiger partial charge in [-0.3, -0.25) is 4.79 Å². The number of benzene rings is 3. The summed E-state index contributed by atoms with van der Waals surface area (Å²) in [6, 6.07) is 18.1. The summed E-state index contributed by atoms with van der Waals surface area (Å²) in [5.41, 5.74) is 2.38. The van der Waals surface area contributed by atoms with E-state index in [2.05, 4.69) is 30.3 Å². The third-order valence-corrected chi connectivity index (χ3v) is 5.17. The molecule has 0 aliphatic carbocycles. The SMILES string of the molecule is CCN(CC)C(=O)c1c(O)cc(OC)cc1CCc1ccc2ccccc2c1. The monoisotopic (exact) mass is 377 g/mol. The summed E-state index contributed by atoms with van der Waals surface area (Å²) in [6.07, 6.45) is 1.42. The molecule has 0 unspecified atom stereocenters. The second kappa shape index (κ2) is 8.79. The predicted molar refractivity (Wildman–Crippen MR) is 113 cm³/mol. The highest BCUT2D eigenvalue weighted by Crippen LogP contribution is 2.30. The van der Waals surface area contributed by atoms with Crippen LogP contribution in [0.2, 0.25) is 0 Å². The molecule has 0 saturated carbocycles. The number of hydrogen-bond donors (Lipinski definition) is 1. The molecule has 28 heavy (non-hydrogen) atoms. The summed E-state index contributed by atoms with van der Waals surface area (Å²) in [5, 5.41) is 12.9. The van der Waals surface area contributed by atoms with Crippen molar-refractivity contribution in [2.75, 3.05) is 20.2 Å². The summed E-state index contributed by atoms with van der Waals surface area (Å²) < 4.78 is 5.31. The van der Waals surface area contributed by atoms with Crippen molar-refractivity contribution in [1.82, 2.24) is 4.90 Å². The maximum absolute atomic E-state index is 13.0. The number of methoxy groups -OCH3 is 1. The van der Waals surface area contributed by atoms with Gasteiger partial charge in [0.2, 0.25) is 0 Å². The minimum Gasteiger partial charge on any atom is -0.507 e. The zero-order chi connectivity index (χ0) is 20.1. The van der Waals surface area contributed by atoms with Crippen LogP contribution in [0.1, 0.15) is 35.3 Å². The first-order valence-electron chi connectivity index (χ1n) is 9.74. The summed E-state index contributed by atoms with van der Waals surface area (Å²) in [5.74, 6) is 0.394. The Balaban J connectivity index is 1.92. The topological polar surface area (TPSA) is 49.8 Å². The van der Waals surface area contributed by atoms with E-state index in [0.29, 0.717) is 30.8 Å². The van der Waals surface area contributed by atoms with Crippen LogP contribution in [0.25, 0.3) is 10.8 Å². The van der Waals surface area contributed by atoms with E-state index in [1.807, 2.05) is 32.0 Å². The van der Waals surface area contributed by atoms with Gasteiger partial charge < -0.3 is 14.7 Å². The first-order chi connectivity index (χ1) is 13.6. The van der Waals surface area contributed by atoms with E-state index in [-0.39, 0.29) is 11.7 Å². The fourth-order valence-electron chi connectivity index (χ4n) is 3.56. The van der Waals surface area contributed by atoms with Crippen LogP contribution in [-0.4, -0.2) is 36.1 Å². The fourth-order valence-corrected chi connectivity index (χ4v) is 3.56. The Morgan fingerprint density at radius 3 is 2.36 bits per heavy atom. The number of carbonyl (C=O) groups excluding carboxylic acids is 1. The number of rotatable bonds is 7. The van der Waals surface area contributed by atoms with Crippen molar-refractivity contribution >= 4 is 16.7 Å². The minimum absolute atomic E-state index is 0.0234. The number of phenolic OH excluding ortho intramolecular Hbond substituents is 1. The van der Waals surface area contributed by atoms with Crippen LogP contribution in [0.4, 0.5) is 0 Å². The van der Waals surface area contributed by atoms with Gasteiger partial charge in [0, 0.05) is 19.2 Å². The molecule has 3 aromatic carbocycles. The van der Waals surface area contributed by atoms with E-state index >= 15 is 0 Å². The standard InChI is InChI=1S/C24H27NO3/c1-4-25(5-2)24(27)23-20(15-21(28-3)16-22(23)26)13-11-17-10-12-18-8-6-7-9-19(18)14-17/h6-10,12,14-16,26H,4-5,11,13H2,1-3H3. The van der Waals surface area contributed by atoms with Gasteiger partial charge in [-0.15, -0.1) is 0 Å². The number of nitrogens with zero attached hydrogens (tertiary/aromatic N) is 1. The normalized spacial score (nSPS) is 10.8. The second-order valence-corrected chi connectivity index (χ2v) is 6.84. The highest BCUT2D eigenvalue weighted by molar-refractivity contribution is 5.98. The third-order valence-electron chi connectivity index (χ3n) is 5.17. The van der Waals surface area contributed by atoms with Gasteiger partial charge >= 0.3 is 0 Å². The van der Waals surface area contributed by atoms with Crippen LogP contribution < -0.4 is 4.74 Å². The fraction of sp³-hybridized carbons (Fsp3) is 0.292. The molecular weight excluding hydrogens is 350 g/mol. The quantitative estimate of drug-likeness (QED) is 0.642. The number of carbonyl (C=O) groups is 1. The van der Waals surface area contributed by atoms with Crippen LogP contribution in [0, 0.1) is 0 Å². The Hall–Kier alpha value is -3.01. The van der Waals surface area contributed by atoms with Crippen molar-refractivity contribution in [2.24, 2.45) is 0 Å². The molecule has 4 heteroatoms. The highest BCUT2D eigenvalue weighted by atomic mass is 16.5. The molecule has 0 heterocycles. The molecule has 0 saturated heterocycles. The number of phenols is 1. The smallest absolute Gasteiger partial charge is 0.257 e. The molecule has 0 aliphatic rings. The van der Waals surface area contributed by atoms with Crippen LogP contribution in [-0.2, 0) is 12.8 Å². The molecule has 1 N–H and O–H groups in total. The molecule has 0 bridgehead atoms. The summed E-state index contributed by atoms with van der Waals surface area (Å²) in [6.45, 7) is 5.09. The Morgan fingerprint density at radius 1 is 0.964 bits per heavy atom. The van der Waals surface area contributed by atoms with E-state index in [0.717, 1.165) is 12.0 Å². The second-order valence-electron chi connectivity index (χ2n) is 6.84. The van der Waals surface area contributed by atoms with Crippen molar-refractivity contribution in [1.29, 1.82) is 0 Å². The Kier molecular flexibility index (Phi) is 6.19. The number of fused-ring (bicyclic) bond motifs is 1. The lowest BCUT2D eigenvalue weighted by molar-refractivity contribution is 0.0768. The lowest BCUT2D eigenvalue weighted by atomic mass is 9.96. The predicted octanol–water partition coefficient (Wildman–Crippen LogP) is 4.82. The molecule has 0 spiro atoms. The number of ether oxygens (including phenoxy) is 1. The van der Waals surface area contributed by atoms with Crippen LogP contribution in [0.5, 0.6) is 11.5 Å². The van der Waals surface area contributed by atoms with Gasteiger partial charge in [0.25, 0.3) is 5.91 Å². The zero-order valence-electron chi connectivity index (χ0n) is 16.7. The van der Waals surface area contributed by atoms with Crippen molar-refractivity contribution in [3.63, 3.8) is 0 Å². The summed E-state index contributed by atoms with van der Waals surface area (Å²) in [4.78, 5) is 14.7. The lowest BCUT2D eigenvalue weighted by Gasteiger charge is -2.21. The Labute approximate surface area is 166 Å². The van der Waals surface area contributed by atoms with Gasteiger partial charge in [-0.1, -0.05) is 42.5 Å². The maximum atomic E-state index is 13.0. The van der Waals surface area contributed by atoms with E-state index in [9.17, 15) is 9.90 Å². The average Bonchev–Trinajstić information content (AvgIpc) is 2.72. The molecule has 0 fully saturated rings. The van der Waals surface area contributed by atoms with Crippen LogP contribution >= 0.6 is 0 Å². The van der Waals surface area contributed by atoms with Crippen molar-refractivity contribution in [2.45, 2.75) is 26.7 Å². The average molecular weight is 377 g/mol. The minimum atomic E-state index is -0.140. The number of aryl methyl sites for hydroxylation is 2. The van der Waals surface area contributed by atoms with Crippen molar-refractivity contribution in [3.05, 3.63) is 71.3 Å². The molecule has 0 aromatic heterocycles. The molecule has 0 radical (unpaired) electrons. The van der Waals surface area contributed by atoms with Gasteiger partial charge in [0.1, 0.15) is 11.5 Å². The van der Waals surface area contributed by atoms with Gasteiger partial charge in [-0.25, -0.2) is 0 Å². The molecule has 0 atom stereocenters. The molecule has 4 nitrogen and oxygen atoms in total. The van der Waals surface area contributed by atoms with Gasteiger partial charge in [-0.2, -0.15) is 0 Å². The van der Waals surface area contributed by atoms with Crippen molar-refractivity contribution < 1.29 is 14.6 Å². The first kappa shape index (κ1) is 19.7. The first-order valence-corrected chi connectivity index (χ1v) is 9.74. The highest BCUT2D eigenvalue weighted by Gasteiger charge is 2.22. The van der Waals surface area contributed by atoms with E-state index < -0.39 is 0 Å². The molecular formula is C24H27NO3. The van der Waals surface area contributed by atoms with Crippen molar-refractivity contribution in [3.8, 4) is 11.5 Å². The van der Waals surface area contributed by atoms with E-state index in [1.54, 1.807) is 12.0 Å². The molecule has 3 rings (SSSR count). The lowest BCUT2D eigenvalue weighted by Crippen LogP contribution is -2.31. The molecule has 0 aliphatic heterocycles. The molecule has 1 amide bonds. The van der Waals surface area contributed by atoms with E-state index in [4.69, 9.17) is 4.74 Å². The van der Waals surface area contributed by atoms with Crippen LogP contribution in [0.3, 0.4) is 0 Å². The molecule has 3 aromatic rings. The van der Waals surface area contributed by atoms with Gasteiger partial charge in [-0.05, 0) is 54.7 Å². The molecule has 146 valence electrons. The Morgan fingerprint density at radius 2 is 1.68 bits per heavy atom. The number of amides is 1. The maximum Gasteiger partial charge on any atom is 0.257 e. The van der Waals surface area contributed by atoms with E-state index in [1.165, 1.54) is 22.4 Å². The number of aromatic hydroxyl groups is 1.